The predicted molar refractivity (Wildman–Crippen MR) is 78.8 cm³/mol. The van der Waals surface area contributed by atoms with E-state index in [4.69, 9.17) is 23.2 Å². The van der Waals surface area contributed by atoms with E-state index in [2.05, 4.69) is 32.6 Å². The molecular weight excluding hydrogens is 370 g/mol. The molecule has 88 valence electrons. The second-order valence-electron chi connectivity index (χ2n) is 3.64. The zero-order chi connectivity index (χ0) is 12.4. The lowest BCUT2D eigenvalue weighted by molar-refractivity contribution is 0.933. The van der Waals surface area contributed by atoms with Gasteiger partial charge in [-0.2, -0.15) is 0 Å². The smallest absolute Gasteiger partial charge is 0.146 e. The van der Waals surface area contributed by atoms with E-state index in [1.165, 1.54) is 0 Å². The summed E-state index contributed by atoms with van der Waals surface area (Å²) in [4.78, 5) is 8.67. The summed E-state index contributed by atoms with van der Waals surface area (Å²) in [6.45, 7) is 1.93. The molecule has 0 saturated heterocycles. The van der Waals surface area contributed by atoms with Gasteiger partial charge in [0.15, 0.2) is 0 Å². The van der Waals surface area contributed by atoms with E-state index in [-0.39, 0.29) is 0 Å². The summed E-state index contributed by atoms with van der Waals surface area (Å²) in [5, 5.41) is 1.23. The van der Waals surface area contributed by atoms with Crippen molar-refractivity contribution in [3.63, 3.8) is 0 Å². The van der Waals surface area contributed by atoms with Crippen molar-refractivity contribution in [3.05, 3.63) is 55.1 Å². The number of halogens is 3. The lowest BCUT2D eigenvalue weighted by atomic mass is 10.1. The monoisotopic (exact) mass is 378 g/mol. The molecule has 0 bridgehead atoms. The normalized spacial score (nSPS) is 10.6. The van der Waals surface area contributed by atoms with Crippen LogP contribution in [0.15, 0.2) is 24.3 Å². The number of rotatable bonds is 2. The van der Waals surface area contributed by atoms with Gasteiger partial charge in [-0.25, -0.2) is 9.97 Å². The highest BCUT2D eigenvalue weighted by Crippen LogP contribution is 2.20. The fourth-order valence-electron chi connectivity index (χ4n) is 1.49. The second-order valence-corrected chi connectivity index (χ2v) is 5.51. The van der Waals surface area contributed by atoms with Crippen LogP contribution in [0.5, 0.6) is 0 Å². The fraction of sp³-hybridized carbons (Fsp3) is 0.167. The molecule has 0 fully saturated rings. The topological polar surface area (TPSA) is 25.8 Å². The second kappa shape index (κ2) is 5.50. The maximum absolute atomic E-state index is 6.03. The van der Waals surface area contributed by atoms with Crippen LogP contribution >= 0.6 is 45.8 Å². The first-order valence-electron chi connectivity index (χ1n) is 4.99. The van der Waals surface area contributed by atoms with E-state index < -0.39 is 0 Å². The van der Waals surface area contributed by atoms with Crippen LogP contribution in [0.1, 0.15) is 17.1 Å². The molecule has 5 heteroatoms. The predicted octanol–water partition coefficient (Wildman–Crippen LogP) is 4.29. The molecule has 0 aliphatic rings. The van der Waals surface area contributed by atoms with E-state index in [0.29, 0.717) is 11.6 Å². The van der Waals surface area contributed by atoms with E-state index in [9.17, 15) is 0 Å². The number of benzene rings is 1. The van der Waals surface area contributed by atoms with Crippen LogP contribution in [0.25, 0.3) is 0 Å². The van der Waals surface area contributed by atoms with Crippen molar-refractivity contribution in [2.75, 3.05) is 0 Å². The number of nitrogens with zero attached hydrogens (tertiary/aromatic N) is 2. The van der Waals surface area contributed by atoms with Crippen molar-refractivity contribution in [1.29, 1.82) is 0 Å². The molecule has 0 saturated carbocycles. The van der Waals surface area contributed by atoms with Crippen molar-refractivity contribution in [2.24, 2.45) is 0 Å². The molecule has 2 aromatic rings. The van der Waals surface area contributed by atoms with Crippen molar-refractivity contribution >= 4 is 45.8 Å². The molecule has 1 aromatic heterocycles. The van der Waals surface area contributed by atoms with Crippen molar-refractivity contribution in [2.45, 2.75) is 13.3 Å². The molecule has 0 aliphatic carbocycles. The molecule has 1 aromatic carbocycles. The average Bonchev–Trinajstić information content (AvgIpc) is 2.26. The Morgan fingerprint density at radius 3 is 2.65 bits per heavy atom. The molecule has 0 unspecified atom stereocenters. The first kappa shape index (κ1) is 13.1. The zero-order valence-electron chi connectivity index (χ0n) is 9.04. The van der Waals surface area contributed by atoms with Crippen molar-refractivity contribution in [1.82, 2.24) is 9.97 Å². The first-order chi connectivity index (χ1) is 8.06. The third-order valence-corrected chi connectivity index (χ3v) is 4.39. The zero-order valence-corrected chi connectivity index (χ0v) is 12.7. The minimum absolute atomic E-state index is 0.509. The van der Waals surface area contributed by atoms with Gasteiger partial charge in [0.25, 0.3) is 0 Å². The summed E-state index contributed by atoms with van der Waals surface area (Å²) in [5.74, 6) is 0.718. The Balaban J connectivity index is 2.31. The Kier molecular flexibility index (Phi) is 4.22. The van der Waals surface area contributed by atoms with Gasteiger partial charge in [-0.05, 0) is 47.2 Å². The summed E-state index contributed by atoms with van der Waals surface area (Å²) >= 11 is 14.1. The Hall–Kier alpha value is -0.390. The molecule has 0 amide bonds. The quantitative estimate of drug-likeness (QED) is 0.575. The van der Waals surface area contributed by atoms with E-state index in [0.717, 1.165) is 25.7 Å². The van der Waals surface area contributed by atoms with E-state index >= 15 is 0 Å². The maximum Gasteiger partial charge on any atom is 0.146 e. The standard InChI is InChI=1S/C12H9Cl2IN2/c1-7-11(15)12(14)17-10(16-7)6-8-3-2-4-9(13)5-8/h2-5H,6H2,1H3. The number of aromatic nitrogens is 2. The molecule has 0 N–H and O–H groups in total. The van der Waals surface area contributed by atoms with Crippen LogP contribution in [0, 0.1) is 10.5 Å². The molecule has 2 nitrogen and oxygen atoms in total. The highest BCUT2D eigenvalue weighted by molar-refractivity contribution is 14.1. The van der Waals surface area contributed by atoms with Gasteiger partial charge in [-0.1, -0.05) is 35.3 Å². The summed E-state index contributed by atoms with van der Waals surface area (Å²) in [6, 6.07) is 7.67. The van der Waals surface area contributed by atoms with Gasteiger partial charge in [-0.3, -0.25) is 0 Å². The fourth-order valence-corrected chi connectivity index (χ4v) is 2.18. The van der Waals surface area contributed by atoms with Gasteiger partial charge >= 0.3 is 0 Å². The number of aryl methyl sites for hydroxylation is 1. The van der Waals surface area contributed by atoms with Gasteiger partial charge in [-0.15, -0.1) is 0 Å². The third kappa shape index (κ3) is 3.30. The molecule has 2 rings (SSSR count). The van der Waals surface area contributed by atoms with Crippen molar-refractivity contribution in [3.8, 4) is 0 Å². The van der Waals surface area contributed by atoms with Gasteiger partial charge in [0, 0.05) is 11.4 Å². The minimum Gasteiger partial charge on any atom is -0.237 e. The molecule has 0 radical (unpaired) electrons. The van der Waals surface area contributed by atoms with E-state index in [1.54, 1.807) is 0 Å². The Morgan fingerprint density at radius 1 is 1.24 bits per heavy atom. The number of hydrogen-bond donors (Lipinski definition) is 0. The van der Waals surface area contributed by atoms with Gasteiger partial charge in [0.05, 0.1) is 9.26 Å². The molecular formula is C12H9Cl2IN2. The largest absolute Gasteiger partial charge is 0.237 e. The van der Waals surface area contributed by atoms with Crippen LogP contribution in [0.3, 0.4) is 0 Å². The summed E-state index contributed by atoms with van der Waals surface area (Å²) in [7, 11) is 0. The van der Waals surface area contributed by atoms with Gasteiger partial charge in [0.2, 0.25) is 0 Å². The molecule has 0 aliphatic heterocycles. The summed E-state index contributed by atoms with van der Waals surface area (Å²) in [6.07, 6.45) is 0.637. The summed E-state index contributed by atoms with van der Waals surface area (Å²) in [5.41, 5.74) is 1.98. The summed E-state index contributed by atoms with van der Waals surface area (Å²) < 4.78 is 0.902. The first-order valence-corrected chi connectivity index (χ1v) is 6.82. The van der Waals surface area contributed by atoms with Crippen LogP contribution in [-0.4, -0.2) is 9.97 Å². The molecule has 0 atom stereocenters. The highest BCUT2D eigenvalue weighted by Gasteiger charge is 2.08. The molecule has 1 heterocycles. The Bertz CT molecular complexity index is 535. The number of hydrogen-bond acceptors (Lipinski definition) is 2. The van der Waals surface area contributed by atoms with Crippen LogP contribution in [-0.2, 0) is 6.42 Å². The highest BCUT2D eigenvalue weighted by atomic mass is 127. The Morgan fingerprint density at radius 2 is 2.00 bits per heavy atom. The van der Waals surface area contributed by atoms with E-state index in [1.807, 2.05) is 31.2 Å². The average molecular weight is 379 g/mol. The minimum atomic E-state index is 0.509. The maximum atomic E-state index is 6.03. The van der Waals surface area contributed by atoms with Crippen molar-refractivity contribution < 1.29 is 0 Å². The molecule has 0 spiro atoms. The van der Waals surface area contributed by atoms with Crippen LogP contribution in [0.2, 0.25) is 10.2 Å². The van der Waals surface area contributed by atoms with Gasteiger partial charge < -0.3 is 0 Å². The lowest BCUT2D eigenvalue weighted by Crippen LogP contribution is -2.01. The third-order valence-electron chi connectivity index (χ3n) is 2.27. The van der Waals surface area contributed by atoms with Crippen LogP contribution < -0.4 is 0 Å². The van der Waals surface area contributed by atoms with Crippen LogP contribution in [0.4, 0.5) is 0 Å². The SMILES string of the molecule is Cc1nc(Cc2cccc(Cl)c2)nc(Cl)c1I. The Labute approximate surface area is 124 Å². The molecule has 17 heavy (non-hydrogen) atoms. The lowest BCUT2D eigenvalue weighted by Gasteiger charge is -2.05. The van der Waals surface area contributed by atoms with Gasteiger partial charge in [0.1, 0.15) is 11.0 Å².